The highest BCUT2D eigenvalue weighted by Gasteiger charge is 2.49. The highest BCUT2D eigenvalue weighted by Crippen LogP contribution is 2.57. The summed E-state index contributed by atoms with van der Waals surface area (Å²) >= 11 is 0. The summed E-state index contributed by atoms with van der Waals surface area (Å²) in [6.07, 6.45) is 11.4. The maximum absolute atomic E-state index is 6.61. The molecule has 1 atom stereocenters. The van der Waals surface area contributed by atoms with E-state index in [0.29, 0.717) is 6.04 Å². The average molecular weight is 259 g/mol. The third-order valence-corrected chi connectivity index (χ3v) is 6.13. The summed E-state index contributed by atoms with van der Waals surface area (Å²) in [5, 5.41) is 0. The number of rotatable bonds is 3. The first-order valence-electron chi connectivity index (χ1n) is 7.94. The van der Waals surface area contributed by atoms with E-state index in [-0.39, 0.29) is 0 Å². The second-order valence-electron chi connectivity index (χ2n) is 7.30. The highest BCUT2D eigenvalue weighted by atomic mass is 15.1. The van der Waals surface area contributed by atoms with Crippen LogP contribution in [0.25, 0.3) is 0 Å². The molecule has 4 aliphatic rings. The minimum absolute atomic E-state index is 0.322. The standard InChI is InChI=1S/C16H25N3/c1-10-18-2-3-19(10)9-15(17)16-13-5-11-4-12(7-13)8-14(16)6-11/h2-3,11-16H,4-9,17H2,1H3. The molecule has 1 unspecified atom stereocenters. The van der Waals surface area contributed by atoms with Crippen molar-refractivity contribution in [3.63, 3.8) is 0 Å². The molecular formula is C16H25N3. The molecule has 1 aromatic rings. The molecular weight excluding hydrogens is 234 g/mol. The van der Waals surface area contributed by atoms with Crippen LogP contribution in [-0.4, -0.2) is 15.6 Å². The van der Waals surface area contributed by atoms with E-state index in [2.05, 4.69) is 22.7 Å². The van der Waals surface area contributed by atoms with E-state index >= 15 is 0 Å². The highest BCUT2D eigenvalue weighted by molar-refractivity contribution is 5.01. The van der Waals surface area contributed by atoms with Gasteiger partial charge in [-0.25, -0.2) is 4.98 Å². The fourth-order valence-electron chi connectivity index (χ4n) is 5.61. The van der Waals surface area contributed by atoms with Crippen molar-refractivity contribution >= 4 is 0 Å². The second-order valence-corrected chi connectivity index (χ2v) is 7.30. The summed E-state index contributed by atoms with van der Waals surface area (Å²) < 4.78 is 2.23. The van der Waals surface area contributed by atoms with Crippen LogP contribution < -0.4 is 5.73 Å². The first kappa shape index (κ1) is 12.0. The van der Waals surface area contributed by atoms with E-state index in [1.807, 2.05) is 6.20 Å². The second kappa shape index (κ2) is 4.34. The van der Waals surface area contributed by atoms with Crippen molar-refractivity contribution in [1.29, 1.82) is 0 Å². The zero-order chi connectivity index (χ0) is 13.0. The average Bonchev–Trinajstić information content (AvgIpc) is 2.73. The maximum atomic E-state index is 6.61. The summed E-state index contributed by atoms with van der Waals surface area (Å²) in [7, 11) is 0. The molecule has 104 valence electrons. The van der Waals surface area contributed by atoms with Crippen LogP contribution >= 0.6 is 0 Å². The van der Waals surface area contributed by atoms with Gasteiger partial charge in [-0.1, -0.05) is 0 Å². The van der Waals surface area contributed by atoms with E-state index in [1.165, 1.54) is 32.1 Å². The van der Waals surface area contributed by atoms with Crippen LogP contribution in [0, 0.1) is 36.5 Å². The van der Waals surface area contributed by atoms with Crippen LogP contribution in [0.2, 0.25) is 0 Å². The topological polar surface area (TPSA) is 43.8 Å². The zero-order valence-electron chi connectivity index (χ0n) is 11.8. The number of hydrogen-bond acceptors (Lipinski definition) is 2. The van der Waals surface area contributed by atoms with Gasteiger partial charge in [0.2, 0.25) is 0 Å². The smallest absolute Gasteiger partial charge is 0.105 e. The number of nitrogens with zero attached hydrogens (tertiary/aromatic N) is 2. The first-order valence-corrected chi connectivity index (χ1v) is 7.94. The van der Waals surface area contributed by atoms with Gasteiger partial charge in [-0.15, -0.1) is 0 Å². The Hall–Kier alpha value is -0.830. The van der Waals surface area contributed by atoms with Crippen molar-refractivity contribution < 1.29 is 0 Å². The van der Waals surface area contributed by atoms with Gasteiger partial charge in [0.1, 0.15) is 5.82 Å². The van der Waals surface area contributed by atoms with Crippen molar-refractivity contribution in [2.45, 2.75) is 51.6 Å². The molecule has 3 nitrogen and oxygen atoms in total. The summed E-state index contributed by atoms with van der Waals surface area (Å²) in [6.45, 7) is 3.03. The monoisotopic (exact) mass is 259 g/mol. The van der Waals surface area contributed by atoms with Crippen molar-refractivity contribution in [2.24, 2.45) is 35.3 Å². The van der Waals surface area contributed by atoms with E-state index in [1.54, 1.807) is 0 Å². The fourth-order valence-corrected chi connectivity index (χ4v) is 5.61. The van der Waals surface area contributed by atoms with Crippen LogP contribution in [0.15, 0.2) is 12.4 Å². The molecule has 0 spiro atoms. The Balaban J connectivity index is 1.51. The minimum atomic E-state index is 0.322. The maximum Gasteiger partial charge on any atom is 0.105 e. The molecule has 4 fully saturated rings. The third-order valence-electron chi connectivity index (χ3n) is 6.13. The summed E-state index contributed by atoms with van der Waals surface area (Å²) in [6, 6.07) is 0.322. The number of aromatic nitrogens is 2. The summed E-state index contributed by atoms with van der Waals surface area (Å²) in [4.78, 5) is 4.31. The fraction of sp³-hybridized carbons (Fsp3) is 0.812. The Bertz CT molecular complexity index is 436. The molecule has 3 heteroatoms. The van der Waals surface area contributed by atoms with Gasteiger partial charge in [-0.2, -0.15) is 0 Å². The van der Waals surface area contributed by atoms with Crippen LogP contribution in [0.4, 0.5) is 0 Å². The number of hydrogen-bond donors (Lipinski definition) is 1. The lowest BCUT2D eigenvalue weighted by atomic mass is 9.50. The quantitative estimate of drug-likeness (QED) is 0.906. The molecule has 4 saturated carbocycles. The molecule has 0 aromatic carbocycles. The first-order chi connectivity index (χ1) is 9.20. The lowest BCUT2D eigenvalue weighted by Crippen LogP contribution is -2.52. The number of imidazole rings is 1. The normalized spacial score (nSPS) is 41.7. The largest absolute Gasteiger partial charge is 0.334 e. The molecule has 0 saturated heterocycles. The Morgan fingerprint density at radius 3 is 2.37 bits per heavy atom. The SMILES string of the molecule is Cc1nccn1CC(N)C1C2CC3CC(C2)CC1C3. The lowest BCUT2D eigenvalue weighted by molar-refractivity contribution is -0.0485. The molecule has 1 heterocycles. The van der Waals surface area contributed by atoms with Gasteiger partial charge >= 0.3 is 0 Å². The molecule has 2 N–H and O–H groups in total. The molecule has 4 bridgehead atoms. The Morgan fingerprint density at radius 1 is 1.21 bits per heavy atom. The van der Waals surface area contributed by atoms with E-state index in [4.69, 9.17) is 5.73 Å². The van der Waals surface area contributed by atoms with Gasteiger partial charge < -0.3 is 10.3 Å². The summed E-state index contributed by atoms with van der Waals surface area (Å²) in [5.74, 6) is 5.81. The molecule has 4 aliphatic carbocycles. The van der Waals surface area contributed by atoms with Crippen molar-refractivity contribution in [3.05, 3.63) is 18.2 Å². The van der Waals surface area contributed by atoms with E-state index < -0.39 is 0 Å². The van der Waals surface area contributed by atoms with Gasteiger partial charge in [0, 0.05) is 25.0 Å². The molecule has 0 radical (unpaired) electrons. The predicted molar refractivity (Wildman–Crippen MR) is 75.5 cm³/mol. The van der Waals surface area contributed by atoms with Crippen molar-refractivity contribution in [3.8, 4) is 0 Å². The zero-order valence-corrected chi connectivity index (χ0v) is 11.8. The van der Waals surface area contributed by atoms with E-state index in [0.717, 1.165) is 42.0 Å². The van der Waals surface area contributed by atoms with Gasteiger partial charge in [-0.05, 0) is 68.6 Å². The van der Waals surface area contributed by atoms with Crippen LogP contribution in [0.5, 0.6) is 0 Å². The Morgan fingerprint density at radius 2 is 1.84 bits per heavy atom. The minimum Gasteiger partial charge on any atom is -0.334 e. The van der Waals surface area contributed by atoms with Gasteiger partial charge in [0.25, 0.3) is 0 Å². The Labute approximate surface area is 115 Å². The van der Waals surface area contributed by atoms with Crippen molar-refractivity contribution in [1.82, 2.24) is 9.55 Å². The van der Waals surface area contributed by atoms with Crippen LogP contribution in [0.1, 0.15) is 37.9 Å². The molecule has 1 aromatic heterocycles. The predicted octanol–water partition coefficient (Wildman–Crippen LogP) is 2.59. The molecule has 0 aliphatic heterocycles. The van der Waals surface area contributed by atoms with Gasteiger partial charge in [-0.3, -0.25) is 0 Å². The molecule has 5 rings (SSSR count). The van der Waals surface area contributed by atoms with E-state index in [9.17, 15) is 0 Å². The molecule has 0 amide bonds. The summed E-state index contributed by atoms with van der Waals surface area (Å²) in [5.41, 5.74) is 6.61. The lowest BCUT2D eigenvalue weighted by Gasteiger charge is -2.56. The Kier molecular flexibility index (Phi) is 2.73. The number of nitrogens with two attached hydrogens (primary N) is 1. The van der Waals surface area contributed by atoms with Gasteiger partial charge in [0.15, 0.2) is 0 Å². The third kappa shape index (κ3) is 1.94. The van der Waals surface area contributed by atoms with Gasteiger partial charge in [0.05, 0.1) is 0 Å². The molecule has 19 heavy (non-hydrogen) atoms. The van der Waals surface area contributed by atoms with Crippen molar-refractivity contribution in [2.75, 3.05) is 0 Å². The van der Waals surface area contributed by atoms with Crippen LogP contribution in [0.3, 0.4) is 0 Å². The van der Waals surface area contributed by atoms with Crippen LogP contribution in [-0.2, 0) is 6.54 Å². The number of aryl methyl sites for hydroxylation is 1.